The fourth-order valence-corrected chi connectivity index (χ4v) is 1.05. The standard InChI is InChI=1S/C7H7ClF2N2/c1-3-2-12-7(11)4(5(3)8)6(9)10/h2,6H,1H3,(H2,11,12). The average Bonchev–Trinajstić information content (AvgIpc) is 1.97. The minimum Gasteiger partial charge on any atom is -0.383 e. The lowest BCUT2D eigenvalue weighted by Gasteiger charge is -2.07. The molecule has 0 unspecified atom stereocenters. The van der Waals surface area contributed by atoms with Gasteiger partial charge in [0, 0.05) is 6.20 Å². The minimum absolute atomic E-state index is 0.00231. The molecule has 66 valence electrons. The fraction of sp³-hybridized carbons (Fsp3) is 0.286. The van der Waals surface area contributed by atoms with Crippen molar-refractivity contribution >= 4 is 17.4 Å². The maximum Gasteiger partial charge on any atom is 0.268 e. The summed E-state index contributed by atoms with van der Waals surface area (Å²) in [6.07, 6.45) is -1.31. The Balaban J connectivity index is 3.33. The third-order valence-corrected chi connectivity index (χ3v) is 1.98. The van der Waals surface area contributed by atoms with Gasteiger partial charge in [0.05, 0.1) is 10.6 Å². The Morgan fingerprint density at radius 1 is 1.58 bits per heavy atom. The highest BCUT2D eigenvalue weighted by molar-refractivity contribution is 6.32. The quantitative estimate of drug-likeness (QED) is 0.743. The molecule has 0 bridgehead atoms. The Bertz CT molecular complexity index is 302. The van der Waals surface area contributed by atoms with Crippen molar-refractivity contribution in [2.75, 3.05) is 5.73 Å². The first-order valence-electron chi connectivity index (χ1n) is 3.22. The Hall–Kier alpha value is -0.900. The summed E-state index contributed by atoms with van der Waals surface area (Å²) < 4.78 is 24.5. The molecule has 0 aliphatic heterocycles. The molecule has 0 spiro atoms. The molecule has 0 fully saturated rings. The number of anilines is 1. The molecular formula is C7H7ClF2N2. The van der Waals surface area contributed by atoms with Gasteiger partial charge < -0.3 is 5.73 Å². The van der Waals surface area contributed by atoms with E-state index in [9.17, 15) is 8.78 Å². The molecule has 5 heteroatoms. The predicted octanol–water partition coefficient (Wildman–Crippen LogP) is 2.56. The van der Waals surface area contributed by atoms with Crippen molar-refractivity contribution in [1.82, 2.24) is 4.98 Å². The topological polar surface area (TPSA) is 38.9 Å². The van der Waals surface area contributed by atoms with Crippen molar-refractivity contribution < 1.29 is 8.78 Å². The molecule has 0 saturated heterocycles. The summed E-state index contributed by atoms with van der Waals surface area (Å²) >= 11 is 5.59. The van der Waals surface area contributed by atoms with Crippen LogP contribution in [0, 0.1) is 6.92 Å². The SMILES string of the molecule is Cc1cnc(N)c(C(F)F)c1Cl. The summed E-state index contributed by atoms with van der Waals surface area (Å²) in [6, 6.07) is 0. The predicted molar refractivity (Wildman–Crippen MR) is 43.4 cm³/mol. The maximum atomic E-state index is 12.3. The summed E-state index contributed by atoms with van der Waals surface area (Å²) in [5.74, 6) is -0.208. The number of rotatable bonds is 1. The molecule has 1 aromatic rings. The van der Waals surface area contributed by atoms with Gasteiger partial charge in [-0.2, -0.15) is 0 Å². The number of halogens is 3. The van der Waals surface area contributed by atoms with Gasteiger partial charge in [-0.15, -0.1) is 0 Å². The number of alkyl halides is 2. The van der Waals surface area contributed by atoms with Gasteiger partial charge >= 0.3 is 0 Å². The number of aryl methyl sites for hydroxylation is 1. The van der Waals surface area contributed by atoms with Crippen LogP contribution in [0.5, 0.6) is 0 Å². The molecule has 0 aromatic carbocycles. The van der Waals surface area contributed by atoms with E-state index >= 15 is 0 Å². The van der Waals surface area contributed by atoms with Gasteiger partial charge in [0.2, 0.25) is 0 Å². The monoisotopic (exact) mass is 192 g/mol. The lowest BCUT2D eigenvalue weighted by Crippen LogP contribution is -2.00. The van der Waals surface area contributed by atoms with E-state index < -0.39 is 6.43 Å². The van der Waals surface area contributed by atoms with Gasteiger partial charge in [-0.1, -0.05) is 11.6 Å². The average molecular weight is 193 g/mol. The van der Waals surface area contributed by atoms with E-state index in [4.69, 9.17) is 17.3 Å². The van der Waals surface area contributed by atoms with E-state index in [0.717, 1.165) is 0 Å². The van der Waals surface area contributed by atoms with Crippen molar-refractivity contribution in [2.45, 2.75) is 13.3 Å². The molecule has 0 amide bonds. The zero-order valence-electron chi connectivity index (χ0n) is 6.31. The summed E-state index contributed by atoms with van der Waals surface area (Å²) in [5, 5.41) is -0.00231. The first-order chi connectivity index (χ1) is 5.54. The van der Waals surface area contributed by atoms with Gasteiger partial charge in [0.15, 0.2) is 0 Å². The summed E-state index contributed by atoms with van der Waals surface area (Å²) in [4.78, 5) is 3.57. The first kappa shape index (κ1) is 9.19. The lowest BCUT2D eigenvalue weighted by molar-refractivity contribution is 0.152. The number of pyridine rings is 1. The maximum absolute atomic E-state index is 12.3. The second-order valence-corrected chi connectivity index (χ2v) is 2.73. The number of hydrogen-bond donors (Lipinski definition) is 1. The first-order valence-corrected chi connectivity index (χ1v) is 3.60. The fourth-order valence-electron chi connectivity index (χ4n) is 0.825. The second kappa shape index (κ2) is 3.23. The highest BCUT2D eigenvalue weighted by Gasteiger charge is 2.17. The van der Waals surface area contributed by atoms with Gasteiger partial charge in [-0.3, -0.25) is 0 Å². The van der Waals surface area contributed by atoms with E-state index in [0.29, 0.717) is 5.56 Å². The van der Waals surface area contributed by atoms with E-state index in [-0.39, 0.29) is 16.4 Å². The van der Waals surface area contributed by atoms with E-state index in [2.05, 4.69) is 4.98 Å². The summed E-state index contributed by atoms with van der Waals surface area (Å²) in [7, 11) is 0. The number of nitrogens with two attached hydrogens (primary N) is 1. The molecular weight excluding hydrogens is 186 g/mol. The van der Waals surface area contributed by atoms with Crippen molar-refractivity contribution in [1.29, 1.82) is 0 Å². The largest absolute Gasteiger partial charge is 0.383 e. The van der Waals surface area contributed by atoms with Crippen molar-refractivity contribution in [3.63, 3.8) is 0 Å². The minimum atomic E-state index is -2.68. The molecule has 0 aliphatic carbocycles. The Kier molecular flexibility index (Phi) is 2.47. The molecule has 2 nitrogen and oxygen atoms in total. The summed E-state index contributed by atoms with van der Waals surface area (Å²) in [6.45, 7) is 1.60. The zero-order valence-corrected chi connectivity index (χ0v) is 7.07. The van der Waals surface area contributed by atoms with Crippen LogP contribution in [0.15, 0.2) is 6.20 Å². The Labute approximate surface area is 73.4 Å². The number of aromatic nitrogens is 1. The number of nitrogen functional groups attached to an aromatic ring is 1. The molecule has 0 atom stereocenters. The normalized spacial score (nSPS) is 10.8. The van der Waals surface area contributed by atoms with Crippen molar-refractivity contribution in [3.8, 4) is 0 Å². The lowest BCUT2D eigenvalue weighted by atomic mass is 10.2. The zero-order chi connectivity index (χ0) is 9.30. The molecule has 0 saturated carbocycles. The van der Waals surface area contributed by atoms with Crippen LogP contribution in [0.1, 0.15) is 17.6 Å². The van der Waals surface area contributed by atoms with E-state index in [1.165, 1.54) is 6.20 Å². The molecule has 1 aromatic heterocycles. The Morgan fingerprint density at radius 2 is 2.17 bits per heavy atom. The van der Waals surface area contributed by atoms with Crippen LogP contribution in [-0.4, -0.2) is 4.98 Å². The van der Waals surface area contributed by atoms with Crippen LogP contribution >= 0.6 is 11.6 Å². The van der Waals surface area contributed by atoms with Gasteiger partial charge in [-0.25, -0.2) is 13.8 Å². The van der Waals surface area contributed by atoms with Gasteiger partial charge in [-0.05, 0) is 12.5 Å². The number of hydrogen-bond acceptors (Lipinski definition) is 2. The van der Waals surface area contributed by atoms with Crippen molar-refractivity contribution in [3.05, 3.63) is 22.3 Å². The second-order valence-electron chi connectivity index (χ2n) is 2.35. The van der Waals surface area contributed by atoms with Crippen LogP contribution in [0.3, 0.4) is 0 Å². The molecule has 1 heterocycles. The van der Waals surface area contributed by atoms with E-state index in [1.54, 1.807) is 6.92 Å². The molecule has 0 radical (unpaired) electrons. The smallest absolute Gasteiger partial charge is 0.268 e. The highest BCUT2D eigenvalue weighted by Crippen LogP contribution is 2.32. The molecule has 2 N–H and O–H groups in total. The van der Waals surface area contributed by atoms with Crippen molar-refractivity contribution in [2.24, 2.45) is 0 Å². The van der Waals surface area contributed by atoms with E-state index in [1.807, 2.05) is 0 Å². The van der Waals surface area contributed by atoms with Crippen LogP contribution < -0.4 is 5.73 Å². The van der Waals surface area contributed by atoms with Crippen LogP contribution in [-0.2, 0) is 0 Å². The molecule has 1 rings (SSSR count). The molecule has 0 aliphatic rings. The Morgan fingerprint density at radius 3 is 2.58 bits per heavy atom. The highest BCUT2D eigenvalue weighted by atomic mass is 35.5. The van der Waals surface area contributed by atoms with Crippen LogP contribution in [0.2, 0.25) is 5.02 Å². The van der Waals surface area contributed by atoms with Crippen LogP contribution in [0.4, 0.5) is 14.6 Å². The van der Waals surface area contributed by atoms with Gasteiger partial charge in [0.25, 0.3) is 6.43 Å². The van der Waals surface area contributed by atoms with Crippen LogP contribution in [0.25, 0.3) is 0 Å². The third-order valence-electron chi connectivity index (χ3n) is 1.47. The molecule has 12 heavy (non-hydrogen) atoms. The van der Waals surface area contributed by atoms with Gasteiger partial charge in [0.1, 0.15) is 5.82 Å². The third kappa shape index (κ3) is 1.48. The number of nitrogens with zero attached hydrogens (tertiary/aromatic N) is 1. The summed E-state index contributed by atoms with van der Waals surface area (Å²) in [5.41, 5.74) is 5.34.